The molecule has 1 saturated carbocycles. The first-order valence-electron chi connectivity index (χ1n) is 3.95. The Morgan fingerprint density at radius 3 is 2.45 bits per heavy atom. The maximum Gasteiger partial charge on any atom is 0.330 e. The van der Waals surface area contributed by atoms with Gasteiger partial charge in [0.1, 0.15) is 0 Å². The fourth-order valence-electron chi connectivity index (χ4n) is 1.55. The van der Waals surface area contributed by atoms with Crippen molar-refractivity contribution in [1.82, 2.24) is 0 Å². The zero-order chi connectivity index (χ0) is 8.48. The minimum Gasteiger partial charge on any atom is -0.478 e. The number of rotatable bonds is 3. The molecule has 0 bridgehead atoms. The second-order valence-corrected chi connectivity index (χ2v) is 3.75. The molecule has 0 aromatic rings. The van der Waals surface area contributed by atoms with Gasteiger partial charge < -0.3 is 5.11 Å². The summed E-state index contributed by atoms with van der Waals surface area (Å²) in [6.07, 6.45) is 4.20. The van der Waals surface area contributed by atoms with E-state index in [1.165, 1.54) is 6.42 Å². The van der Waals surface area contributed by atoms with E-state index < -0.39 is 5.97 Å². The summed E-state index contributed by atoms with van der Waals surface area (Å²) in [6.45, 7) is 5.65. The highest BCUT2D eigenvalue weighted by atomic mass is 16.4. The van der Waals surface area contributed by atoms with Crippen molar-refractivity contribution in [3.8, 4) is 0 Å². The summed E-state index contributed by atoms with van der Waals surface area (Å²) in [4.78, 5) is 10.4. The molecule has 0 radical (unpaired) electrons. The third-order valence-corrected chi connectivity index (χ3v) is 2.50. The number of hydrogen-bond donors (Lipinski definition) is 1. The van der Waals surface area contributed by atoms with Crippen molar-refractivity contribution in [3.63, 3.8) is 0 Å². The minimum absolute atomic E-state index is 0.246. The molecule has 0 spiro atoms. The second kappa shape index (κ2) is 2.68. The third kappa shape index (κ3) is 1.82. The van der Waals surface area contributed by atoms with E-state index in [0.717, 1.165) is 12.8 Å². The SMILES string of the molecule is C=C(CC1(C)CCC1)C(=O)O. The van der Waals surface area contributed by atoms with E-state index in [2.05, 4.69) is 13.5 Å². The van der Waals surface area contributed by atoms with Crippen LogP contribution >= 0.6 is 0 Å². The third-order valence-electron chi connectivity index (χ3n) is 2.50. The zero-order valence-corrected chi connectivity index (χ0v) is 6.89. The van der Waals surface area contributed by atoms with E-state index >= 15 is 0 Å². The van der Waals surface area contributed by atoms with Crippen LogP contribution in [0.1, 0.15) is 32.6 Å². The van der Waals surface area contributed by atoms with Gasteiger partial charge in [-0.25, -0.2) is 4.79 Å². The van der Waals surface area contributed by atoms with E-state index in [0.29, 0.717) is 12.0 Å². The average molecular weight is 154 g/mol. The van der Waals surface area contributed by atoms with Crippen LogP contribution < -0.4 is 0 Å². The van der Waals surface area contributed by atoms with Crippen molar-refractivity contribution < 1.29 is 9.90 Å². The second-order valence-electron chi connectivity index (χ2n) is 3.75. The Labute approximate surface area is 66.9 Å². The van der Waals surface area contributed by atoms with Crippen molar-refractivity contribution in [2.75, 3.05) is 0 Å². The molecule has 0 atom stereocenters. The summed E-state index contributed by atoms with van der Waals surface area (Å²) in [6, 6.07) is 0. The summed E-state index contributed by atoms with van der Waals surface area (Å²) in [7, 11) is 0. The lowest BCUT2D eigenvalue weighted by Gasteiger charge is -2.38. The van der Waals surface area contributed by atoms with Gasteiger partial charge in [0, 0.05) is 5.57 Å². The fraction of sp³-hybridized carbons (Fsp3) is 0.667. The molecule has 1 N–H and O–H groups in total. The summed E-state index contributed by atoms with van der Waals surface area (Å²) in [5.74, 6) is -0.849. The number of carbonyl (C=O) groups is 1. The van der Waals surface area contributed by atoms with Crippen molar-refractivity contribution in [3.05, 3.63) is 12.2 Å². The smallest absolute Gasteiger partial charge is 0.330 e. The highest BCUT2D eigenvalue weighted by molar-refractivity contribution is 5.85. The van der Waals surface area contributed by atoms with Gasteiger partial charge in [-0.3, -0.25) is 0 Å². The standard InChI is InChI=1S/C9H14O2/c1-7(8(10)11)6-9(2)4-3-5-9/h1,3-6H2,2H3,(H,10,11). The van der Waals surface area contributed by atoms with Gasteiger partial charge in [0.25, 0.3) is 0 Å². The van der Waals surface area contributed by atoms with Crippen molar-refractivity contribution >= 4 is 5.97 Å². The van der Waals surface area contributed by atoms with Gasteiger partial charge in [-0.1, -0.05) is 19.9 Å². The van der Waals surface area contributed by atoms with Gasteiger partial charge in [0.15, 0.2) is 0 Å². The largest absolute Gasteiger partial charge is 0.478 e. The monoisotopic (exact) mass is 154 g/mol. The summed E-state index contributed by atoms with van der Waals surface area (Å²) in [5, 5.41) is 8.57. The van der Waals surface area contributed by atoms with E-state index in [1.54, 1.807) is 0 Å². The maximum atomic E-state index is 10.4. The molecule has 62 valence electrons. The summed E-state index contributed by atoms with van der Waals surface area (Å²) in [5.41, 5.74) is 0.599. The van der Waals surface area contributed by atoms with Gasteiger partial charge in [-0.2, -0.15) is 0 Å². The number of carboxylic acid groups (broad SMARTS) is 1. The Morgan fingerprint density at radius 1 is 1.64 bits per heavy atom. The Hall–Kier alpha value is -0.790. The molecule has 1 fully saturated rings. The van der Waals surface area contributed by atoms with Crippen LogP contribution in [0, 0.1) is 5.41 Å². The number of carboxylic acids is 1. The van der Waals surface area contributed by atoms with Crippen LogP contribution in [0.4, 0.5) is 0 Å². The lowest BCUT2D eigenvalue weighted by molar-refractivity contribution is -0.133. The lowest BCUT2D eigenvalue weighted by Crippen LogP contribution is -2.27. The van der Waals surface area contributed by atoms with Gasteiger partial charge in [-0.05, 0) is 24.7 Å². The van der Waals surface area contributed by atoms with Crippen LogP contribution in [-0.2, 0) is 4.79 Å². The molecule has 1 rings (SSSR count). The normalized spacial score (nSPS) is 20.5. The van der Waals surface area contributed by atoms with Crippen LogP contribution in [0.2, 0.25) is 0 Å². The molecule has 2 nitrogen and oxygen atoms in total. The van der Waals surface area contributed by atoms with Crippen molar-refractivity contribution in [2.24, 2.45) is 5.41 Å². The van der Waals surface area contributed by atoms with Gasteiger partial charge in [0.05, 0.1) is 0 Å². The Balaban J connectivity index is 2.41. The fourth-order valence-corrected chi connectivity index (χ4v) is 1.55. The predicted molar refractivity (Wildman–Crippen MR) is 43.4 cm³/mol. The molecule has 1 aliphatic rings. The van der Waals surface area contributed by atoms with E-state index in [-0.39, 0.29) is 5.41 Å². The molecule has 0 saturated heterocycles. The Bertz CT molecular complexity index is 190. The first-order valence-corrected chi connectivity index (χ1v) is 3.95. The highest BCUT2D eigenvalue weighted by Crippen LogP contribution is 2.44. The van der Waals surface area contributed by atoms with E-state index in [9.17, 15) is 4.79 Å². The molecule has 0 heterocycles. The molecule has 0 aromatic carbocycles. The number of aliphatic carboxylic acids is 1. The Morgan fingerprint density at radius 2 is 2.18 bits per heavy atom. The predicted octanol–water partition coefficient (Wildman–Crippen LogP) is 2.21. The van der Waals surface area contributed by atoms with Gasteiger partial charge in [0.2, 0.25) is 0 Å². The van der Waals surface area contributed by atoms with Crippen LogP contribution in [0.3, 0.4) is 0 Å². The topological polar surface area (TPSA) is 37.3 Å². The molecule has 0 amide bonds. The van der Waals surface area contributed by atoms with Gasteiger partial charge >= 0.3 is 5.97 Å². The van der Waals surface area contributed by atoms with E-state index in [1.807, 2.05) is 0 Å². The molecule has 0 unspecified atom stereocenters. The quantitative estimate of drug-likeness (QED) is 0.633. The first kappa shape index (κ1) is 8.31. The maximum absolute atomic E-state index is 10.4. The highest BCUT2D eigenvalue weighted by Gasteiger charge is 2.33. The van der Waals surface area contributed by atoms with Crippen LogP contribution in [-0.4, -0.2) is 11.1 Å². The van der Waals surface area contributed by atoms with Crippen molar-refractivity contribution in [1.29, 1.82) is 0 Å². The van der Waals surface area contributed by atoms with Gasteiger partial charge in [-0.15, -0.1) is 0 Å². The summed E-state index contributed by atoms with van der Waals surface area (Å²) < 4.78 is 0. The first-order chi connectivity index (χ1) is 5.03. The van der Waals surface area contributed by atoms with E-state index in [4.69, 9.17) is 5.11 Å². The molecular formula is C9H14O2. The van der Waals surface area contributed by atoms with Crippen LogP contribution in [0.15, 0.2) is 12.2 Å². The molecule has 0 aromatic heterocycles. The average Bonchev–Trinajstić information content (AvgIpc) is 1.84. The van der Waals surface area contributed by atoms with Crippen LogP contribution in [0.5, 0.6) is 0 Å². The molecule has 0 aliphatic heterocycles. The number of hydrogen-bond acceptors (Lipinski definition) is 1. The molecular weight excluding hydrogens is 140 g/mol. The molecule has 11 heavy (non-hydrogen) atoms. The lowest BCUT2D eigenvalue weighted by atomic mass is 9.67. The summed E-state index contributed by atoms with van der Waals surface area (Å²) >= 11 is 0. The van der Waals surface area contributed by atoms with Crippen LogP contribution in [0.25, 0.3) is 0 Å². The minimum atomic E-state index is -0.849. The molecule has 2 heteroatoms. The van der Waals surface area contributed by atoms with Crippen molar-refractivity contribution in [2.45, 2.75) is 32.6 Å². The zero-order valence-electron chi connectivity index (χ0n) is 6.89. The molecule has 1 aliphatic carbocycles. The Kier molecular flexibility index (Phi) is 2.03.